The van der Waals surface area contributed by atoms with Crippen LogP contribution in [-0.4, -0.2) is 34.2 Å². The Hall–Kier alpha value is -0.900. The molecule has 0 saturated carbocycles. The molecule has 0 N–H and O–H groups in total. The molecule has 1 saturated heterocycles. The number of hydrogen-bond acceptors (Lipinski definition) is 2. The Balaban J connectivity index is 2.04. The van der Waals surface area contributed by atoms with Crippen molar-refractivity contribution in [3.63, 3.8) is 0 Å². The molecule has 1 aliphatic heterocycles. The van der Waals surface area contributed by atoms with Gasteiger partial charge in [0.2, 0.25) is 0 Å². The van der Waals surface area contributed by atoms with Crippen molar-refractivity contribution in [1.82, 2.24) is 9.88 Å². The van der Waals surface area contributed by atoms with Gasteiger partial charge >= 0.3 is 0 Å². The van der Waals surface area contributed by atoms with Crippen molar-refractivity contribution in [3.05, 3.63) is 30.1 Å². The first-order valence-electron chi connectivity index (χ1n) is 5.06. The second-order valence-corrected chi connectivity index (χ2v) is 4.45. The van der Waals surface area contributed by atoms with Crippen LogP contribution in [0.3, 0.4) is 0 Å². The van der Waals surface area contributed by atoms with Gasteiger partial charge in [-0.05, 0) is 24.5 Å². The first kappa shape index (κ1) is 10.6. The number of hydrogen-bond donors (Lipinski definition) is 0. The summed E-state index contributed by atoms with van der Waals surface area (Å²) in [5.41, 5.74) is 0.688. The van der Waals surface area contributed by atoms with Crippen molar-refractivity contribution in [1.29, 1.82) is 0 Å². The molecule has 4 heteroatoms. The van der Waals surface area contributed by atoms with Crippen molar-refractivity contribution in [2.24, 2.45) is 5.92 Å². The Morgan fingerprint density at radius 2 is 2.53 bits per heavy atom. The number of rotatable bonds is 2. The Morgan fingerprint density at radius 3 is 3.13 bits per heavy atom. The van der Waals surface area contributed by atoms with Gasteiger partial charge < -0.3 is 4.90 Å². The van der Waals surface area contributed by atoms with E-state index in [0.29, 0.717) is 11.5 Å². The summed E-state index contributed by atoms with van der Waals surface area (Å²) in [4.78, 5) is 17.8. The van der Waals surface area contributed by atoms with Crippen LogP contribution >= 0.6 is 15.9 Å². The number of nitrogens with zero attached hydrogens (tertiary/aromatic N) is 2. The van der Waals surface area contributed by atoms with Crippen LogP contribution < -0.4 is 0 Å². The van der Waals surface area contributed by atoms with Gasteiger partial charge in [-0.3, -0.25) is 9.78 Å². The van der Waals surface area contributed by atoms with E-state index in [2.05, 4.69) is 20.9 Å². The SMILES string of the molecule is O=C(c1cccnc1)N1CCC(CBr)C1. The zero-order chi connectivity index (χ0) is 10.7. The lowest BCUT2D eigenvalue weighted by Crippen LogP contribution is -2.28. The lowest BCUT2D eigenvalue weighted by Gasteiger charge is -2.15. The number of amides is 1. The van der Waals surface area contributed by atoms with Crippen LogP contribution in [0.1, 0.15) is 16.8 Å². The molecule has 2 rings (SSSR count). The van der Waals surface area contributed by atoms with Crippen molar-refractivity contribution < 1.29 is 4.79 Å². The molecule has 1 atom stereocenters. The van der Waals surface area contributed by atoms with E-state index in [1.807, 2.05) is 11.0 Å². The van der Waals surface area contributed by atoms with E-state index in [-0.39, 0.29) is 5.91 Å². The number of likely N-dealkylation sites (tertiary alicyclic amines) is 1. The Kier molecular flexibility index (Phi) is 3.36. The van der Waals surface area contributed by atoms with Crippen LogP contribution in [0.25, 0.3) is 0 Å². The molecule has 1 fully saturated rings. The number of aromatic nitrogens is 1. The Morgan fingerprint density at radius 1 is 1.67 bits per heavy atom. The lowest BCUT2D eigenvalue weighted by atomic mass is 10.2. The fraction of sp³-hybridized carbons (Fsp3) is 0.455. The van der Waals surface area contributed by atoms with E-state index >= 15 is 0 Å². The van der Waals surface area contributed by atoms with Gasteiger partial charge in [0.1, 0.15) is 0 Å². The van der Waals surface area contributed by atoms with Crippen LogP contribution in [0.15, 0.2) is 24.5 Å². The fourth-order valence-corrected chi connectivity index (χ4v) is 2.34. The Bertz CT molecular complexity index is 342. The van der Waals surface area contributed by atoms with E-state index in [0.717, 1.165) is 24.8 Å². The van der Waals surface area contributed by atoms with Gasteiger partial charge in [0.25, 0.3) is 5.91 Å². The summed E-state index contributed by atoms with van der Waals surface area (Å²) < 4.78 is 0. The first-order valence-corrected chi connectivity index (χ1v) is 6.18. The van der Waals surface area contributed by atoms with Crippen LogP contribution in [0.4, 0.5) is 0 Å². The maximum Gasteiger partial charge on any atom is 0.255 e. The molecule has 1 aromatic heterocycles. The summed E-state index contributed by atoms with van der Waals surface area (Å²) in [5.74, 6) is 0.706. The quantitative estimate of drug-likeness (QED) is 0.769. The smallest absolute Gasteiger partial charge is 0.255 e. The second kappa shape index (κ2) is 4.75. The minimum absolute atomic E-state index is 0.103. The predicted molar refractivity (Wildman–Crippen MR) is 62.0 cm³/mol. The highest BCUT2D eigenvalue weighted by molar-refractivity contribution is 9.09. The maximum absolute atomic E-state index is 12.0. The molecule has 0 aliphatic carbocycles. The standard InChI is InChI=1S/C11H13BrN2O/c12-6-9-3-5-14(8-9)11(15)10-2-1-4-13-7-10/h1-2,4,7,9H,3,5-6,8H2. The Labute approximate surface area is 97.6 Å². The molecule has 1 aliphatic rings. The lowest BCUT2D eigenvalue weighted by molar-refractivity contribution is 0.0788. The molecule has 0 bridgehead atoms. The predicted octanol–water partition coefficient (Wildman–Crippen LogP) is 1.94. The molecule has 0 radical (unpaired) electrons. The molecule has 0 aromatic carbocycles. The number of carbonyl (C=O) groups is 1. The highest BCUT2D eigenvalue weighted by atomic mass is 79.9. The summed E-state index contributed by atoms with van der Waals surface area (Å²) in [7, 11) is 0. The van der Waals surface area contributed by atoms with Crippen molar-refractivity contribution in [3.8, 4) is 0 Å². The van der Waals surface area contributed by atoms with Crippen LogP contribution in [0.5, 0.6) is 0 Å². The average molecular weight is 269 g/mol. The van der Waals surface area contributed by atoms with E-state index in [9.17, 15) is 4.79 Å². The summed E-state index contributed by atoms with van der Waals surface area (Å²) in [6, 6.07) is 3.61. The van der Waals surface area contributed by atoms with Crippen LogP contribution in [0, 0.1) is 5.92 Å². The van der Waals surface area contributed by atoms with Crippen molar-refractivity contribution in [2.75, 3.05) is 18.4 Å². The second-order valence-electron chi connectivity index (χ2n) is 3.80. The van der Waals surface area contributed by atoms with Crippen molar-refractivity contribution in [2.45, 2.75) is 6.42 Å². The third kappa shape index (κ3) is 2.37. The minimum Gasteiger partial charge on any atom is -0.338 e. The van der Waals surface area contributed by atoms with Gasteiger partial charge in [-0.2, -0.15) is 0 Å². The van der Waals surface area contributed by atoms with E-state index in [4.69, 9.17) is 0 Å². The van der Waals surface area contributed by atoms with E-state index < -0.39 is 0 Å². The topological polar surface area (TPSA) is 33.2 Å². The van der Waals surface area contributed by atoms with Gasteiger partial charge in [-0.25, -0.2) is 0 Å². The van der Waals surface area contributed by atoms with Crippen LogP contribution in [-0.2, 0) is 0 Å². The highest BCUT2D eigenvalue weighted by Gasteiger charge is 2.25. The van der Waals surface area contributed by atoms with Gasteiger partial charge in [-0.15, -0.1) is 0 Å². The highest BCUT2D eigenvalue weighted by Crippen LogP contribution is 2.19. The minimum atomic E-state index is 0.103. The molecule has 15 heavy (non-hydrogen) atoms. The summed E-state index contributed by atoms with van der Waals surface area (Å²) in [6.07, 6.45) is 4.41. The normalized spacial score (nSPS) is 20.6. The number of carbonyl (C=O) groups excluding carboxylic acids is 1. The molecular weight excluding hydrogens is 256 g/mol. The number of halogens is 1. The fourth-order valence-electron chi connectivity index (χ4n) is 1.81. The van der Waals surface area contributed by atoms with Crippen molar-refractivity contribution >= 4 is 21.8 Å². The maximum atomic E-state index is 12.0. The molecule has 80 valence electrons. The summed E-state index contributed by atoms with van der Waals surface area (Å²) in [5, 5.41) is 0.976. The first-order chi connectivity index (χ1) is 7.31. The van der Waals surface area contributed by atoms with Gasteiger partial charge in [0.15, 0.2) is 0 Å². The third-order valence-corrected chi connectivity index (χ3v) is 3.62. The number of pyridine rings is 1. The molecular formula is C11H13BrN2O. The van der Waals surface area contributed by atoms with Gasteiger partial charge in [-0.1, -0.05) is 15.9 Å². The summed E-state index contributed by atoms with van der Waals surface area (Å²) >= 11 is 3.46. The molecule has 1 amide bonds. The molecule has 1 unspecified atom stereocenters. The third-order valence-electron chi connectivity index (χ3n) is 2.70. The zero-order valence-electron chi connectivity index (χ0n) is 8.40. The zero-order valence-corrected chi connectivity index (χ0v) is 9.98. The average Bonchev–Trinajstić information content (AvgIpc) is 2.78. The van der Waals surface area contributed by atoms with Gasteiger partial charge in [0.05, 0.1) is 5.56 Å². The molecule has 2 heterocycles. The molecule has 0 spiro atoms. The van der Waals surface area contributed by atoms with E-state index in [1.165, 1.54) is 0 Å². The van der Waals surface area contributed by atoms with Gasteiger partial charge in [0, 0.05) is 30.8 Å². The van der Waals surface area contributed by atoms with E-state index in [1.54, 1.807) is 18.5 Å². The van der Waals surface area contributed by atoms with Crippen LogP contribution in [0.2, 0.25) is 0 Å². The summed E-state index contributed by atoms with van der Waals surface area (Å²) in [6.45, 7) is 1.73. The molecule has 1 aromatic rings. The largest absolute Gasteiger partial charge is 0.338 e. The molecule has 3 nitrogen and oxygen atoms in total. The number of alkyl halides is 1. The monoisotopic (exact) mass is 268 g/mol.